The summed E-state index contributed by atoms with van der Waals surface area (Å²) in [6.07, 6.45) is 1.76. The molecule has 1 unspecified atom stereocenters. The molecule has 6 heteroatoms. The van der Waals surface area contributed by atoms with Crippen molar-refractivity contribution in [3.05, 3.63) is 96.2 Å². The van der Waals surface area contributed by atoms with Gasteiger partial charge in [0.25, 0.3) is 5.91 Å². The van der Waals surface area contributed by atoms with Crippen molar-refractivity contribution in [3.63, 3.8) is 0 Å². The van der Waals surface area contributed by atoms with Gasteiger partial charge in [-0.25, -0.2) is 4.68 Å². The second-order valence-corrected chi connectivity index (χ2v) is 7.76. The van der Waals surface area contributed by atoms with Gasteiger partial charge in [0.05, 0.1) is 25.5 Å². The van der Waals surface area contributed by atoms with E-state index in [0.717, 1.165) is 5.69 Å². The Morgan fingerprint density at radius 2 is 1.67 bits per heavy atom. The minimum atomic E-state index is -0.187. The Bertz CT molecular complexity index is 1220. The van der Waals surface area contributed by atoms with Crippen LogP contribution in [0.3, 0.4) is 0 Å². The van der Waals surface area contributed by atoms with Gasteiger partial charge in [-0.1, -0.05) is 55.5 Å². The monoisotopic (exact) mass is 441 g/mol. The molecule has 0 fully saturated rings. The van der Waals surface area contributed by atoms with Gasteiger partial charge in [-0.05, 0) is 35.7 Å². The zero-order chi connectivity index (χ0) is 23.2. The first-order valence-corrected chi connectivity index (χ1v) is 10.8. The van der Waals surface area contributed by atoms with Crippen molar-refractivity contribution in [2.45, 2.75) is 12.8 Å². The molecule has 0 bridgehead atoms. The largest absolute Gasteiger partial charge is 0.497 e. The summed E-state index contributed by atoms with van der Waals surface area (Å²) in [6.45, 7) is 2.61. The molecule has 1 atom stereocenters. The summed E-state index contributed by atoms with van der Waals surface area (Å²) in [5, 5.41) is 7.83. The van der Waals surface area contributed by atoms with Crippen LogP contribution in [0.25, 0.3) is 16.9 Å². The molecule has 1 amide bonds. The molecule has 6 nitrogen and oxygen atoms in total. The van der Waals surface area contributed by atoms with Gasteiger partial charge in [0.1, 0.15) is 17.2 Å². The number of carbonyl (C=O) groups is 1. The average Bonchev–Trinajstić information content (AvgIpc) is 3.33. The third kappa shape index (κ3) is 4.90. The summed E-state index contributed by atoms with van der Waals surface area (Å²) in [6, 6.07) is 25.3. The third-order valence-corrected chi connectivity index (χ3v) is 5.58. The molecule has 1 aromatic heterocycles. The van der Waals surface area contributed by atoms with Crippen LogP contribution < -0.4 is 14.8 Å². The van der Waals surface area contributed by atoms with Crippen LogP contribution in [-0.4, -0.2) is 36.5 Å². The van der Waals surface area contributed by atoms with Crippen molar-refractivity contribution < 1.29 is 14.3 Å². The maximum Gasteiger partial charge on any atom is 0.255 e. The molecule has 0 spiro atoms. The second kappa shape index (κ2) is 10.0. The highest BCUT2D eigenvalue weighted by Crippen LogP contribution is 2.35. The highest BCUT2D eigenvalue weighted by atomic mass is 16.5. The van der Waals surface area contributed by atoms with Crippen molar-refractivity contribution in [1.29, 1.82) is 0 Å². The lowest BCUT2D eigenvalue weighted by Gasteiger charge is -2.13. The number of carbonyl (C=O) groups excluding carboxylic acids is 1. The van der Waals surface area contributed by atoms with Crippen LogP contribution in [0.15, 0.2) is 85.1 Å². The number of aromatic nitrogens is 2. The number of nitrogens with zero attached hydrogens (tertiary/aromatic N) is 2. The molecular formula is C27H27N3O3. The number of amides is 1. The number of hydrogen-bond acceptors (Lipinski definition) is 4. The van der Waals surface area contributed by atoms with Crippen molar-refractivity contribution >= 4 is 5.91 Å². The molecule has 1 heterocycles. The molecule has 33 heavy (non-hydrogen) atoms. The molecule has 4 aromatic rings. The summed E-state index contributed by atoms with van der Waals surface area (Å²) in [7, 11) is 3.19. The molecule has 0 aliphatic carbocycles. The van der Waals surface area contributed by atoms with E-state index in [1.54, 1.807) is 31.2 Å². The summed E-state index contributed by atoms with van der Waals surface area (Å²) in [5.74, 6) is 1.24. The Hall–Kier alpha value is -4.06. The fourth-order valence-electron chi connectivity index (χ4n) is 3.69. The van der Waals surface area contributed by atoms with E-state index in [4.69, 9.17) is 14.6 Å². The van der Waals surface area contributed by atoms with Gasteiger partial charge in [-0.3, -0.25) is 4.79 Å². The maximum absolute atomic E-state index is 13.3. The molecule has 0 saturated carbocycles. The van der Waals surface area contributed by atoms with E-state index in [0.29, 0.717) is 34.9 Å². The van der Waals surface area contributed by atoms with Gasteiger partial charge in [0, 0.05) is 24.4 Å². The van der Waals surface area contributed by atoms with Crippen LogP contribution in [0, 0.1) is 0 Å². The van der Waals surface area contributed by atoms with Crippen molar-refractivity contribution in [3.8, 4) is 28.4 Å². The number of nitrogens with one attached hydrogen (secondary N) is 1. The molecule has 0 aliphatic heterocycles. The first-order valence-electron chi connectivity index (χ1n) is 10.8. The van der Waals surface area contributed by atoms with Crippen LogP contribution >= 0.6 is 0 Å². The van der Waals surface area contributed by atoms with E-state index in [9.17, 15) is 4.79 Å². The normalized spacial score (nSPS) is 11.6. The van der Waals surface area contributed by atoms with E-state index >= 15 is 0 Å². The zero-order valence-electron chi connectivity index (χ0n) is 19.0. The van der Waals surface area contributed by atoms with Gasteiger partial charge in [0.2, 0.25) is 0 Å². The number of para-hydroxylation sites is 1. The number of hydrogen-bond donors (Lipinski definition) is 1. The van der Waals surface area contributed by atoms with Crippen LogP contribution in [0.4, 0.5) is 0 Å². The van der Waals surface area contributed by atoms with E-state index < -0.39 is 0 Å². The van der Waals surface area contributed by atoms with Crippen molar-refractivity contribution in [1.82, 2.24) is 15.1 Å². The summed E-state index contributed by atoms with van der Waals surface area (Å²) in [5.41, 5.74) is 3.78. The van der Waals surface area contributed by atoms with Gasteiger partial charge >= 0.3 is 0 Å². The standard InChI is InChI=1S/C27H27N3O3/c1-19(20-10-6-4-7-11-20)17-28-27(31)24-18-30(21-12-8-5-9-13-21)29-26(24)23-15-14-22(32-2)16-25(23)33-3/h4-16,18-19H,17H2,1-3H3,(H,28,31). The van der Waals surface area contributed by atoms with Crippen LogP contribution in [0.1, 0.15) is 28.8 Å². The average molecular weight is 442 g/mol. The van der Waals surface area contributed by atoms with Crippen molar-refractivity contribution in [2.75, 3.05) is 20.8 Å². The topological polar surface area (TPSA) is 65.4 Å². The lowest BCUT2D eigenvalue weighted by atomic mass is 10.0. The van der Waals surface area contributed by atoms with E-state index in [2.05, 4.69) is 24.4 Å². The summed E-state index contributed by atoms with van der Waals surface area (Å²) >= 11 is 0. The minimum absolute atomic E-state index is 0.179. The molecular weight excluding hydrogens is 414 g/mol. The molecule has 4 rings (SSSR count). The third-order valence-electron chi connectivity index (χ3n) is 5.58. The van der Waals surface area contributed by atoms with Crippen LogP contribution in [0.5, 0.6) is 11.5 Å². The van der Waals surface area contributed by atoms with Crippen LogP contribution in [-0.2, 0) is 0 Å². The van der Waals surface area contributed by atoms with Gasteiger partial charge in [-0.2, -0.15) is 5.10 Å². The molecule has 168 valence electrons. The SMILES string of the molecule is COc1ccc(-c2nn(-c3ccccc3)cc2C(=O)NCC(C)c2ccccc2)c(OC)c1. The van der Waals surface area contributed by atoms with Crippen molar-refractivity contribution in [2.24, 2.45) is 0 Å². The fraction of sp³-hybridized carbons (Fsp3) is 0.185. The highest BCUT2D eigenvalue weighted by Gasteiger charge is 2.22. The minimum Gasteiger partial charge on any atom is -0.497 e. The summed E-state index contributed by atoms with van der Waals surface area (Å²) in [4.78, 5) is 13.3. The second-order valence-electron chi connectivity index (χ2n) is 7.76. The maximum atomic E-state index is 13.3. The Morgan fingerprint density at radius 1 is 0.970 bits per heavy atom. The first-order chi connectivity index (χ1) is 16.1. The lowest BCUT2D eigenvalue weighted by Crippen LogP contribution is -2.27. The molecule has 0 aliphatic rings. The zero-order valence-corrected chi connectivity index (χ0v) is 19.0. The Balaban J connectivity index is 1.69. The molecule has 3 aromatic carbocycles. The number of ether oxygens (including phenoxy) is 2. The lowest BCUT2D eigenvalue weighted by molar-refractivity contribution is 0.0952. The Morgan fingerprint density at radius 3 is 2.33 bits per heavy atom. The van der Waals surface area contributed by atoms with E-state index in [-0.39, 0.29) is 11.8 Å². The Labute approximate surface area is 193 Å². The number of methoxy groups -OCH3 is 2. The van der Waals surface area contributed by atoms with E-state index in [1.807, 2.05) is 60.7 Å². The first kappa shape index (κ1) is 22.1. The molecule has 0 radical (unpaired) electrons. The molecule has 0 saturated heterocycles. The molecule has 1 N–H and O–H groups in total. The van der Waals surface area contributed by atoms with Gasteiger partial charge in [-0.15, -0.1) is 0 Å². The smallest absolute Gasteiger partial charge is 0.255 e. The number of benzene rings is 3. The predicted octanol–water partition coefficient (Wildman–Crippen LogP) is 5.09. The van der Waals surface area contributed by atoms with Gasteiger partial charge in [0.15, 0.2) is 0 Å². The fourth-order valence-corrected chi connectivity index (χ4v) is 3.69. The van der Waals surface area contributed by atoms with E-state index in [1.165, 1.54) is 5.56 Å². The van der Waals surface area contributed by atoms with Crippen LogP contribution in [0.2, 0.25) is 0 Å². The summed E-state index contributed by atoms with van der Waals surface area (Å²) < 4.78 is 12.6. The predicted molar refractivity (Wildman–Crippen MR) is 129 cm³/mol. The van der Waals surface area contributed by atoms with Gasteiger partial charge < -0.3 is 14.8 Å². The number of rotatable bonds is 8. The quantitative estimate of drug-likeness (QED) is 0.414. The highest BCUT2D eigenvalue weighted by molar-refractivity contribution is 6.00. The Kier molecular flexibility index (Phi) is 6.74.